The minimum absolute atomic E-state index is 0.0427. The van der Waals surface area contributed by atoms with Gasteiger partial charge in [-0.25, -0.2) is 4.39 Å². The van der Waals surface area contributed by atoms with Gasteiger partial charge >= 0.3 is 0 Å². The first-order valence-corrected chi connectivity index (χ1v) is 8.38. The highest BCUT2D eigenvalue weighted by Crippen LogP contribution is 2.33. The van der Waals surface area contributed by atoms with Gasteiger partial charge in [-0.3, -0.25) is 14.5 Å². The number of halogens is 1. The van der Waals surface area contributed by atoms with Gasteiger partial charge < -0.3 is 10.5 Å². The number of ether oxygens (including phenoxy) is 1. The standard InChI is InChI=1S/C18H15FN2O3S/c19-14-7-6-12(10-15(14)24-13-4-2-1-3-5-13)11-16-17(22)21(9-8-20)18(23)25-16/h1-7,10-11H,8-9,20H2/b16-11+. The molecular formula is C18H15FN2O3S. The van der Waals surface area contributed by atoms with Crippen molar-refractivity contribution in [3.05, 3.63) is 64.8 Å². The van der Waals surface area contributed by atoms with Crippen molar-refractivity contribution in [2.45, 2.75) is 0 Å². The molecule has 3 rings (SSSR count). The van der Waals surface area contributed by atoms with Gasteiger partial charge in [-0.2, -0.15) is 0 Å². The average Bonchev–Trinajstić information content (AvgIpc) is 2.87. The third-order valence-electron chi connectivity index (χ3n) is 3.45. The molecule has 1 fully saturated rings. The van der Waals surface area contributed by atoms with E-state index in [-0.39, 0.29) is 29.0 Å². The fraction of sp³-hybridized carbons (Fsp3) is 0.111. The molecule has 0 unspecified atom stereocenters. The van der Waals surface area contributed by atoms with Crippen LogP contribution < -0.4 is 10.5 Å². The predicted octanol–water partition coefficient (Wildman–Crippen LogP) is 3.61. The Hall–Kier alpha value is -2.64. The van der Waals surface area contributed by atoms with Crippen molar-refractivity contribution in [2.75, 3.05) is 13.1 Å². The van der Waals surface area contributed by atoms with Crippen LogP contribution in [0.5, 0.6) is 11.5 Å². The zero-order chi connectivity index (χ0) is 17.8. The Balaban J connectivity index is 1.85. The highest BCUT2D eigenvalue weighted by atomic mass is 32.2. The number of amides is 2. The second-order valence-corrected chi connectivity index (χ2v) is 6.22. The van der Waals surface area contributed by atoms with Gasteiger partial charge in [0, 0.05) is 13.1 Å². The average molecular weight is 358 g/mol. The minimum atomic E-state index is -0.516. The van der Waals surface area contributed by atoms with Crippen molar-refractivity contribution >= 4 is 29.0 Å². The second kappa shape index (κ2) is 7.50. The van der Waals surface area contributed by atoms with Crippen LogP contribution in [0.2, 0.25) is 0 Å². The smallest absolute Gasteiger partial charge is 0.293 e. The number of thioether (sulfide) groups is 1. The topological polar surface area (TPSA) is 72.6 Å². The van der Waals surface area contributed by atoms with Gasteiger partial charge in [-0.05, 0) is 47.7 Å². The number of imide groups is 1. The van der Waals surface area contributed by atoms with Crippen LogP contribution in [0.15, 0.2) is 53.4 Å². The second-order valence-electron chi connectivity index (χ2n) is 5.23. The Morgan fingerprint density at radius 2 is 1.92 bits per heavy atom. The Bertz CT molecular complexity index is 839. The highest BCUT2D eigenvalue weighted by molar-refractivity contribution is 8.18. The van der Waals surface area contributed by atoms with Crippen LogP contribution in [0, 0.1) is 5.82 Å². The fourth-order valence-electron chi connectivity index (χ4n) is 2.28. The third kappa shape index (κ3) is 3.89. The summed E-state index contributed by atoms with van der Waals surface area (Å²) in [5.74, 6) is -0.365. The van der Waals surface area contributed by atoms with E-state index in [2.05, 4.69) is 0 Å². The maximum Gasteiger partial charge on any atom is 0.293 e. The van der Waals surface area contributed by atoms with Gasteiger partial charge in [0.05, 0.1) is 4.91 Å². The molecule has 0 aromatic heterocycles. The largest absolute Gasteiger partial charge is 0.454 e. The normalized spacial score (nSPS) is 15.9. The zero-order valence-electron chi connectivity index (χ0n) is 13.1. The molecule has 1 saturated heterocycles. The van der Waals surface area contributed by atoms with E-state index in [4.69, 9.17) is 10.5 Å². The van der Waals surface area contributed by atoms with Crippen molar-refractivity contribution < 1.29 is 18.7 Å². The Morgan fingerprint density at radius 3 is 2.64 bits per heavy atom. The summed E-state index contributed by atoms with van der Waals surface area (Å²) in [6.45, 7) is 0.380. The SMILES string of the molecule is NCCN1C(=O)S/C(=C/c2ccc(F)c(Oc3ccccc3)c2)C1=O. The fourth-order valence-corrected chi connectivity index (χ4v) is 3.14. The number of hydrogen-bond acceptors (Lipinski definition) is 5. The van der Waals surface area contributed by atoms with Gasteiger partial charge in [0.2, 0.25) is 0 Å². The lowest BCUT2D eigenvalue weighted by atomic mass is 10.2. The van der Waals surface area contributed by atoms with Gasteiger partial charge in [0.25, 0.3) is 11.1 Å². The van der Waals surface area contributed by atoms with Crippen molar-refractivity contribution in [3.8, 4) is 11.5 Å². The number of nitrogens with zero attached hydrogens (tertiary/aromatic N) is 1. The maximum atomic E-state index is 14.0. The van der Waals surface area contributed by atoms with Crippen LogP contribution in [0.25, 0.3) is 6.08 Å². The molecule has 5 nitrogen and oxygen atoms in total. The van der Waals surface area contributed by atoms with Crippen molar-refractivity contribution in [2.24, 2.45) is 5.73 Å². The number of carbonyl (C=O) groups is 2. The molecular weight excluding hydrogens is 343 g/mol. The number of benzene rings is 2. The van der Waals surface area contributed by atoms with Crippen LogP contribution in [-0.2, 0) is 4.79 Å². The molecule has 0 saturated carbocycles. The maximum absolute atomic E-state index is 14.0. The molecule has 128 valence electrons. The molecule has 2 aromatic rings. The molecule has 2 amide bonds. The summed E-state index contributed by atoms with van der Waals surface area (Å²) in [5, 5.41) is -0.357. The lowest BCUT2D eigenvalue weighted by molar-refractivity contribution is -0.122. The van der Waals surface area contributed by atoms with Gasteiger partial charge in [-0.1, -0.05) is 24.3 Å². The van der Waals surface area contributed by atoms with Gasteiger partial charge in [0.15, 0.2) is 11.6 Å². The minimum Gasteiger partial charge on any atom is -0.454 e. The number of hydrogen-bond donors (Lipinski definition) is 1. The molecule has 2 N–H and O–H groups in total. The van der Waals surface area contributed by atoms with E-state index in [1.807, 2.05) is 6.07 Å². The first-order chi connectivity index (χ1) is 12.1. The van der Waals surface area contributed by atoms with Crippen LogP contribution >= 0.6 is 11.8 Å². The lowest BCUT2D eigenvalue weighted by Gasteiger charge is -2.09. The monoisotopic (exact) mass is 358 g/mol. The summed E-state index contributed by atoms with van der Waals surface area (Å²) in [6, 6.07) is 13.1. The molecule has 0 atom stereocenters. The molecule has 0 aliphatic carbocycles. The molecule has 1 heterocycles. The lowest BCUT2D eigenvalue weighted by Crippen LogP contribution is -2.33. The summed E-state index contributed by atoms with van der Waals surface area (Å²) in [4.78, 5) is 25.4. The number of nitrogens with two attached hydrogens (primary N) is 1. The number of rotatable bonds is 5. The van der Waals surface area contributed by atoms with Crippen LogP contribution in [-0.4, -0.2) is 29.1 Å². The number of para-hydroxylation sites is 1. The summed E-state index contributed by atoms with van der Waals surface area (Å²) < 4.78 is 19.5. The first kappa shape index (κ1) is 17.2. The Kier molecular flexibility index (Phi) is 5.16. The van der Waals surface area contributed by atoms with E-state index in [0.717, 1.165) is 16.7 Å². The number of carbonyl (C=O) groups excluding carboxylic acids is 2. The molecule has 1 aliphatic rings. The predicted molar refractivity (Wildman–Crippen MR) is 94.6 cm³/mol. The Morgan fingerprint density at radius 1 is 1.16 bits per heavy atom. The first-order valence-electron chi connectivity index (χ1n) is 7.56. The third-order valence-corrected chi connectivity index (χ3v) is 4.36. The highest BCUT2D eigenvalue weighted by Gasteiger charge is 2.34. The van der Waals surface area contributed by atoms with Crippen LogP contribution in [0.1, 0.15) is 5.56 Å². The van der Waals surface area contributed by atoms with E-state index >= 15 is 0 Å². The van der Waals surface area contributed by atoms with E-state index in [1.165, 1.54) is 18.2 Å². The van der Waals surface area contributed by atoms with Crippen LogP contribution in [0.4, 0.5) is 9.18 Å². The van der Waals surface area contributed by atoms with Crippen molar-refractivity contribution in [1.82, 2.24) is 4.90 Å². The van der Waals surface area contributed by atoms with Crippen molar-refractivity contribution in [1.29, 1.82) is 0 Å². The quantitative estimate of drug-likeness (QED) is 0.827. The van der Waals surface area contributed by atoms with E-state index in [9.17, 15) is 14.0 Å². The molecule has 7 heteroatoms. The Labute approximate surface area is 148 Å². The molecule has 0 spiro atoms. The molecule has 0 bridgehead atoms. The van der Waals surface area contributed by atoms with E-state index in [1.54, 1.807) is 30.3 Å². The molecule has 1 aliphatic heterocycles. The van der Waals surface area contributed by atoms with Crippen molar-refractivity contribution in [3.63, 3.8) is 0 Å². The summed E-state index contributed by atoms with van der Waals surface area (Å²) in [6.07, 6.45) is 1.54. The van der Waals surface area contributed by atoms with E-state index < -0.39 is 11.7 Å². The van der Waals surface area contributed by atoms with Gasteiger partial charge in [-0.15, -0.1) is 0 Å². The molecule has 25 heavy (non-hydrogen) atoms. The summed E-state index contributed by atoms with van der Waals surface area (Å²) >= 11 is 0.839. The van der Waals surface area contributed by atoms with Gasteiger partial charge in [0.1, 0.15) is 5.75 Å². The zero-order valence-corrected chi connectivity index (χ0v) is 14.0. The summed E-state index contributed by atoms with van der Waals surface area (Å²) in [5.41, 5.74) is 5.97. The van der Waals surface area contributed by atoms with Crippen LogP contribution in [0.3, 0.4) is 0 Å². The molecule has 2 aromatic carbocycles. The summed E-state index contributed by atoms with van der Waals surface area (Å²) in [7, 11) is 0. The molecule has 0 radical (unpaired) electrons. The van der Waals surface area contributed by atoms with E-state index in [0.29, 0.717) is 11.3 Å².